The van der Waals surface area contributed by atoms with E-state index >= 15 is 0 Å². The zero-order chi connectivity index (χ0) is 14.9. The molecule has 0 N–H and O–H groups in total. The first-order chi connectivity index (χ1) is 9.28. The smallest absolute Gasteiger partial charge is 0.303 e. The van der Waals surface area contributed by atoms with E-state index in [1.807, 2.05) is 0 Å². The van der Waals surface area contributed by atoms with E-state index in [4.69, 9.17) is 23.7 Å². The highest BCUT2D eigenvalue weighted by atomic mass is 16.8. The van der Waals surface area contributed by atoms with Crippen molar-refractivity contribution in [3.8, 4) is 0 Å². The molecule has 4 atom stereocenters. The molecule has 2 aliphatic rings. The van der Waals surface area contributed by atoms with E-state index in [-0.39, 0.29) is 12.7 Å². The lowest BCUT2D eigenvalue weighted by atomic mass is 10.0. The van der Waals surface area contributed by atoms with E-state index in [1.54, 1.807) is 13.8 Å². The van der Waals surface area contributed by atoms with Crippen molar-refractivity contribution >= 4 is 11.9 Å². The summed E-state index contributed by atoms with van der Waals surface area (Å²) in [5.41, 5.74) is 0. The van der Waals surface area contributed by atoms with Gasteiger partial charge in [0.15, 0.2) is 11.9 Å². The fraction of sp³-hybridized carbons (Fsp3) is 0.846. The topological polar surface area (TPSA) is 80.3 Å². The van der Waals surface area contributed by atoms with Crippen LogP contribution >= 0.6 is 0 Å². The standard InChI is InChI=1S/C13H20O7/c1-7(14)16-5-9-11(18-8(2)15)12-10(6-17-9)19-13(3,4)20-12/h9-12H,5-6H2,1-4H3/t9-,10-,11-,12-/m1/s1. The number of ether oxygens (including phenoxy) is 5. The van der Waals surface area contributed by atoms with Crippen molar-refractivity contribution < 1.29 is 33.3 Å². The average Bonchev–Trinajstić information content (AvgIpc) is 2.62. The molecule has 7 heteroatoms. The van der Waals surface area contributed by atoms with Gasteiger partial charge in [0.25, 0.3) is 0 Å². The number of fused-ring (bicyclic) bond motifs is 1. The zero-order valence-electron chi connectivity index (χ0n) is 12.1. The van der Waals surface area contributed by atoms with E-state index in [0.717, 1.165) is 0 Å². The lowest BCUT2D eigenvalue weighted by Gasteiger charge is -2.36. The Morgan fingerprint density at radius 1 is 1.20 bits per heavy atom. The zero-order valence-corrected chi connectivity index (χ0v) is 12.1. The van der Waals surface area contributed by atoms with Gasteiger partial charge in [-0.2, -0.15) is 0 Å². The van der Waals surface area contributed by atoms with Crippen molar-refractivity contribution in [3.05, 3.63) is 0 Å². The maximum absolute atomic E-state index is 11.3. The third kappa shape index (κ3) is 3.47. The monoisotopic (exact) mass is 288 g/mol. The highest BCUT2D eigenvalue weighted by Crippen LogP contribution is 2.35. The van der Waals surface area contributed by atoms with Gasteiger partial charge in [-0.1, -0.05) is 0 Å². The van der Waals surface area contributed by atoms with Crippen LogP contribution in [0.5, 0.6) is 0 Å². The summed E-state index contributed by atoms with van der Waals surface area (Å²) in [4.78, 5) is 22.2. The van der Waals surface area contributed by atoms with Crippen molar-refractivity contribution in [1.29, 1.82) is 0 Å². The first-order valence-corrected chi connectivity index (χ1v) is 6.56. The largest absolute Gasteiger partial charge is 0.463 e. The second-order valence-electron chi connectivity index (χ2n) is 5.39. The summed E-state index contributed by atoms with van der Waals surface area (Å²) in [6.45, 7) is 6.52. The molecule has 0 radical (unpaired) electrons. The fourth-order valence-electron chi connectivity index (χ4n) is 2.47. The van der Waals surface area contributed by atoms with E-state index in [1.165, 1.54) is 13.8 Å². The van der Waals surface area contributed by atoms with Gasteiger partial charge in [-0.3, -0.25) is 9.59 Å². The van der Waals surface area contributed by atoms with Crippen LogP contribution in [-0.2, 0) is 33.3 Å². The van der Waals surface area contributed by atoms with E-state index < -0.39 is 36.0 Å². The SMILES string of the molecule is CC(=O)OC[C@H]1OC[C@H]2OC(C)(C)O[C@H]2[C@@H]1OC(C)=O. The molecule has 0 aliphatic carbocycles. The number of rotatable bonds is 3. The van der Waals surface area contributed by atoms with Gasteiger partial charge in [0, 0.05) is 13.8 Å². The first kappa shape index (κ1) is 15.2. The summed E-state index contributed by atoms with van der Waals surface area (Å²) in [6.07, 6.45) is -1.94. The molecule has 0 saturated carbocycles. The molecule has 2 saturated heterocycles. The predicted octanol–water partition coefficient (Wildman–Crippen LogP) is 0.400. The Balaban J connectivity index is 2.09. The second-order valence-corrected chi connectivity index (χ2v) is 5.39. The van der Waals surface area contributed by atoms with Crippen molar-refractivity contribution in [2.45, 2.75) is 57.9 Å². The van der Waals surface area contributed by atoms with Gasteiger partial charge in [0.1, 0.15) is 24.9 Å². The first-order valence-electron chi connectivity index (χ1n) is 6.56. The summed E-state index contributed by atoms with van der Waals surface area (Å²) >= 11 is 0. The molecule has 2 aliphatic heterocycles. The Hall–Kier alpha value is -1.18. The molecule has 0 aromatic rings. The molecule has 20 heavy (non-hydrogen) atoms. The van der Waals surface area contributed by atoms with Crippen LogP contribution in [0.1, 0.15) is 27.7 Å². The number of hydrogen-bond acceptors (Lipinski definition) is 7. The van der Waals surface area contributed by atoms with Crippen LogP contribution in [-0.4, -0.2) is 55.4 Å². The third-order valence-corrected chi connectivity index (χ3v) is 3.14. The summed E-state index contributed by atoms with van der Waals surface area (Å²) in [5.74, 6) is -1.62. The van der Waals surface area contributed by atoms with Gasteiger partial charge in [-0.15, -0.1) is 0 Å². The summed E-state index contributed by atoms with van der Waals surface area (Å²) in [6, 6.07) is 0. The van der Waals surface area contributed by atoms with E-state index in [2.05, 4.69) is 0 Å². The number of carbonyl (C=O) groups is 2. The normalized spacial score (nSPS) is 35.2. The van der Waals surface area contributed by atoms with Gasteiger partial charge in [0.2, 0.25) is 0 Å². The van der Waals surface area contributed by atoms with Crippen molar-refractivity contribution in [2.24, 2.45) is 0 Å². The highest BCUT2D eigenvalue weighted by molar-refractivity contribution is 5.66. The molecule has 0 aromatic heterocycles. The molecule has 0 amide bonds. The molecule has 0 bridgehead atoms. The Morgan fingerprint density at radius 2 is 1.90 bits per heavy atom. The summed E-state index contributed by atoms with van der Waals surface area (Å²) in [5, 5.41) is 0. The van der Waals surface area contributed by atoms with Gasteiger partial charge in [-0.25, -0.2) is 0 Å². The van der Waals surface area contributed by atoms with E-state index in [9.17, 15) is 9.59 Å². The lowest BCUT2D eigenvalue weighted by Crippen LogP contribution is -2.55. The molecule has 0 unspecified atom stereocenters. The molecule has 0 spiro atoms. The summed E-state index contributed by atoms with van der Waals surface area (Å²) in [7, 11) is 0. The van der Waals surface area contributed by atoms with Gasteiger partial charge in [-0.05, 0) is 13.8 Å². The number of carbonyl (C=O) groups excluding carboxylic acids is 2. The van der Waals surface area contributed by atoms with Crippen LogP contribution < -0.4 is 0 Å². The molecule has 2 heterocycles. The van der Waals surface area contributed by atoms with Crippen molar-refractivity contribution in [2.75, 3.05) is 13.2 Å². The van der Waals surface area contributed by atoms with Crippen LogP contribution in [0.25, 0.3) is 0 Å². The van der Waals surface area contributed by atoms with Gasteiger partial charge >= 0.3 is 11.9 Å². The quantitative estimate of drug-likeness (QED) is 0.695. The Morgan fingerprint density at radius 3 is 2.50 bits per heavy atom. The molecular weight excluding hydrogens is 268 g/mol. The average molecular weight is 288 g/mol. The third-order valence-electron chi connectivity index (χ3n) is 3.14. The van der Waals surface area contributed by atoms with Crippen LogP contribution in [0.2, 0.25) is 0 Å². The lowest BCUT2D eigenvalue weighted by molar-refractivity contribution is -0.197. The fourth-order valence-corrected chi connectivity index (χ4v) is 2.47. The van der Waals surface area contributed by atoms with Crippen molar-refractivity contribution in [1.82, 2.24) is 0 Å². The van der Waals surface area contributed by atoms with E-state index in [0.29, 0.717) is 6.61 Å². The van der Waals surface area contributed by atoms with Crippen LogP contribution in [0.4, 0.5) is 0 Å². The summed E-state index contributed by atoms with van der Waals surface area (Å²) < 4.78 is 27.3. The predicted molar refractivity (Wildman–Crippen MR) is 65.8 cm³/mol. The number of hydrogen-bond donors (Lipinski definition) is 0. The second kappa shape index (κ2) is 5.67. The van der Waals surface area contributed by atoms with Gasteiger partial charge < -0.3 is 23.7 Å². The minimum absolute atomic E-state index is 0.0142. The van der Waals surface area contributed by atoms with Crippen LogP contribution in [0.3, 0.4) is 0 Å². The molecule has 114 valence electrons. The Bertz CT molecular complexity index is 392. The van der Waals surface area contributed by atoms with Crippen LogP contribution in [0, 0.1) is 0 Å². The molecule has 2 rings (SSSR count). The molecular formula is C13H20O7. The molecule has 7 nitrogen and oxygen atoms in total. The molecule has 0 aromatic carbocycles. The van der Waals surface area contributed by atoms with Gasteiger partial charge in [0.05, 0.1) is 6.61 Å². The highest BCUT2D eigenvalue weighted by Gasteiger charge is 2.52. The molecule has 2 fully saturated rings. The minimum atomic E-state index is -0.757. The van der Waals surface area contributed by atoms with Crippen molar-refractivity contribution in [3.63, 3.8) is 0 Å². The Kier molecular flexibility index (Phi) is 4.31. The number of esters is 2. The maximum atomic E-state index is 11.3. The minimum Gasteiger partial charge on any atom is -0.463 e. The maximum Gasteiger partial charge on any atom is 0.303 e. The Labute approximate surface area is 117 Å². The van der Waals surface area contributed by atoms with Crippen LogP contribution in [0.15, 0.2) is 0 Å².